The summed E-state index contributed by atoms with van der Waals surface area (Å²) in [5, 5.41) is -0.817. The molecule has 1 saturated carbocycles. The Bertz CT molecular complexity index is 413. The molecule has 1 aliphatic carbocycles. The van der Waals surface area contributed by atoms with Crippen LogP contribution in [0.3, 0.4) is 0 Å². The van der Waals surface area contributed by atoms with E-state index in [1.54, 1.807) is 0 Å². The molecule has 3 N–H and O–H groups in total. The molecule has 0 bridgehead atoms. The molecule has 1 atom stereocenters. The molecule has 0 aromatic heterocycles. The molecule has 0 heterocycles. The van der Waals surface area contributed by atoms with Gasteiger partial charge in [0.15, 0.2) is 0 Å². The van der Waals surface area contributed by atoms with E-state index >= 15 is 0 Å². The zero-order valence-electron chi connectivity index (χ0n) is 11.1. The molecule has 0 saturated heterocycles. The smallest absolute Gasteiger partial charge is 0.220 e. The van der Waals surface area contributed by atoms with Crippen molar-refractivity contribution in [3.8, 4) is 0 Å². The Kier molecular flexibility index (Phi) is 3.65. The quantitative estimate of drug-likeness (QED) is 0.743. The summed E-state index contributed by atoms with van der Waals surface area (Å²) in [5.41, 5.74) is 5.70. The van der Waals surface area contributed by atoms with Crippen LogP contribution in [-0.4, -0.2) is 25.2 Å². The van der Waals surface area contributed by atoms with Gasteiger partial charge >= 0.3 is 0 Å². The van der Waals surface area contributed by atoms with Crippen LogP contribution in [-0.2, 0) is 10.0 Å². The number of thiocarbonyl (C=S) groups is 1. The van der Waals surface area contributed by atoms with E-state index in [0.717, 1.165) is 0 Å². The van der Waals surface area contributed by atoms with Crippen LogP contribution in [0.5, 0.6) is 0 Å². The van der Waals surface area contributed by atoms with Crippen molar-refractivity contribution in [3.63, 3.8) is 0 Å². The third-order valence-corrected chi connectivity index (χ3v) is 6.93. The van der Waals surface area contributed by atoms with Crippen LogP contribution in [0.4, 0.5) is 0 Å². The lowest BCUT2D eigenvalue weighted by molar-refractivity contribution is 0.457. The number of hydrogen-bond donors (Lipinski definition) is 2. The standard InChI is InChI=1S/C11H22N2O2S2/c1-7(9(12)16)17(14,15)13-6-8-10(2,3)11(8,4)5/h7-8,13H,6H2,1-5H3,(H2,12,16). The van der Waals surface area contributed by atoms with E-state index in [1.807, 2.05) is 0 Å². The van der Waals surface area contributed by atoms with Gasteiger partial charge in [0.1, 0.15) is 5.25 Å². The van der Waals surface area contributed by atoms with Gasteiger partial charge in [-0.1, -0.05) is 39.9 Å². The van der Waals surface area contributed by atoms with E-state index in [1.165, 1.54) is 6.92 Å². The molecule has 100 valence electrons. The molecule has 1 unspecified atom stereocenters. The van der Waals surface area contributed by atoms with Crippen LogP contribution in [0.15, 0.2) is 0 Å². The molecule has 1 fully saturated rings. The van der Waals surface area contributed by atoms with Gasteiger partial charge in [-0.15, -0.1) is 0 Å². The van der Waals surface area contributed by atoms with E-state index < -0.39 is 15.3 Å². The van der Waals surface area contributed by atoms with Crippen molar-refractivity contribution in [2.75, 3.05) is 6.54 Å². The van der Waals surface area contributed by atoms with Crippen LogP contribution >= 0.6 is 12.2 Å². The van der Waals surface area contributed by atoms with Crippen LogP contribution < -0.4 is 10.5 Å². The van der Waals surface area contributed by atoms with E-state index in [0.29, 0.717) is 12.5 Å². The second-order valence-corrected chi connectivity index (χ2v) is 8.49. The molecule has 4 nitrogen and oxygen atoms in total. The number of sulfonamides is 1. The zero-order valence-corrected chi connectivity index (χ0v) is 12.7. The summed E-state index contributed by atoms with van der Waals surface area (Å²) in [6, 6.07) is 0. The molecular weight excluding hydrogens is 256 g/mol. The van der Waals surface area contributed by atoms with Gasteiger partial charge in [0.2, 0.25) is 10.0 Å². The number of rotatable bonds is 5. The molecule has 6 heteroatoms. The van der Waals surface area contributed by atoms with Gasteiger partial charge in [-0.25, -0.2) is 13.1 Å². The number of nitrogens with one attached hydrogen (secondary N) is 1. The Morgan fingerprint density at radius 1 is 1.35 bits per heavy atom. The monoisotopic (exact) mass is 278 g/mol. The first-order chi connectivity index (χ1) is 7.44. The molecular formula is C11H22N2O2S2. The van der Waals surface area contributed by atoms with Crippen LogP contribution in [0.1, 0.15) is 34.6 Å². The van der Waals surface area contributed by atoms with E-state index in [4.69, 9.17) is 18.0 Å². The van der Waals surface area contributed by atoms with Gasteiger partial charge in [-0.2, -0.15) is 0 Å². The maximum Gasteiger partial charge on any atom is 0.220 e. The van der Waals surface area contributed by atoms with Crippen LogP contribution in [0, 0.1) is 16.7 Å². The van der Waals surface area contributed by atoms with Crippen molar-refractivity contribution in [1.82, 2.24) is 4.72 Å². The van der Waals surface area contributed by atoms with Crippen molar-refractivity contribution >= 4 is 27.2 Å². The lowest BCUT2D eigenvalue weighted by Gasteiger charge is -2.13. The predicted molar refractivity (Wildman–Crippen MR) is 74.2 cm³/mol. The minimum atomic E-state index is -3.43. The van der Waals surface area contributed by atoms with E-state index in [2.05, 4.69) is 32.4 Å². The summed E-state index contributed by atoms with van der Waals surface area (Å²) in [4.78, 5) is 0.00631. The molecule has 0 aromatic rings. The second-order valence-electron chi connectivity index (χ2n) is 5.93. The van der Waals surface area contributed by atoms with Crippen molar-refractivity contribution in [2.45, 2.75) is 39.9 Å². The molecule has 1 rings (SSSR count). The lowest BCUT2D eigenvalue weighted by Crippen LogP contribution is -2.41. The summed E-state index contributed by atoms with van der Waals surface area (Å²) < 4.78 is 26.3. The maximum atomic E-state index is 11.8. The maximum absolute atomic E-state index is 11.8. The number of nitrogens with two attached hydrogens (primary N) is 1. The van der Waals surface area contributed by atoms with Crippen LogP contribution in [0.25, 0.3) is 0 Å². The first-order valence-corrected chi connectivity index (χ1v) is 7.68. The normalized spacial score (nSPS) is 24.3. The first kappa shape index (κ1) is 14.9. The van der Waals surface area contributed by atoms with Crippen molar-refractivity contribution in [2.24, 2.45) is 22.5 Å². The van der Waals surface area contributed by atoms with E-state index in [-0.39, 0.29) is 15.8 Å². The molecule has 0 aromatic carbocycles. The van der Waals surface area contributed by atoms with Crippen molar-refractivity contribution in [3.05, 3.63) is 0 Å². The number of hydrogen-bond acceptors (Lipinski definition) is 3. The summed E-state index contributed by atoms with van der Waals surface area (Å²) in [7, 11) is -3.43. The SMILES string of the molecule is CC(C(N)=S)S(=O)(=O)NCC1C(C)(C)C1(C)C. The molecule has 0 amide bonds. The minimum absolute atomic E-state index is 0.00631. The second kappa shape index (κ2) is 4.17. The van der Waals surface area contributed by atoms with E-state index in [9.17, 15) is 8.42 Å². The average molecular weight is 278 g/mol. The van der Waals surface area contributed by atoms with Crippen LogP contribution in [0.2, 0.25) is 0 Å². The molecule has 1 aliphatic rings. The van der Waals surface area contributed by atoms with Crippen molar-refractivity contribution in [1.29, 1.82) is 0 Å². The zero-order chi connectivity index (χ0) is 13.6. The Morgan fingerprint density at radius 3 is 2.06 bits per heavy atom. The Balaban J connectivity index is 2.63. The fourth-order valence-corrected chi connectivity index (χ4v) is 3.66. The Morgan fingerprint density at radius 2 is 1.76 bits per heavy atom. The summed E-state index contributed by atoms with van der Waals surface area (Å²) >= 11 is 4.71. The van der Waals surface area contributed by atoms with Gasteiger partial charge in [-0.3, -0.25) is 0 Å². The largest absolute Gasteiger partial charge is 0.392 e. The van der Waals surface area contributed by atoms with Crippen molar-refractivity contribution < 1.29 is 8.42 Å². The highest BCUT2D eigenvalue weighted by Crippen LogP contribution is 2.67. The Hall–Kier alpha value is -0.200. The third-order valence-electron chi connectivity index (χ3n) is 4.67. The fourth-order valence-electron chi connectivity index (χ4n) is 2.32. The minimum Gasteiger partial charge on any atom is -0.392 e. The topological polar surface area (TPSA) is 72.2 Å². The Labute approximate surface area is 109 Å². The highest BCUT2D eigenvalue weighted by molar-refractivity contribution is 7.93. The predicted octanol–water partition coefficient (Wildman–Crippen LogP) is 1.26. The fraction of sp³-hybridized carbons (Fsp3) is 0.909. The van der Waals surface area contributed by atoms with Gasteiger partial charge < -0.3 is 5.73 Å². The van der Waals surface area contributed by atoms with Gasteiger partial charge in [0.05, 0.1) is 4.99 Å². The average Bonchev–Trinajstić information content (AvgIpc) is 2.53. The first-order valence-electron chi connectivity index (χ1n) is 5.72. The third kappa shape index (κ3) is 2.48. The molecule has 0 spiro atoms. The highest BCUT2D eigenvalue weighted by Gasteiger charge is 2.64. The highest BCUT2D eigenvalue weighted by atomic mass is 32.2. The lowest BCUT2D eigenvalue weighted by atomic mass is 10.0. The molecule has 0 radical (unpaired) electrons. The molecule has 0 aliphatic heterocycles. The summed E-state index contributed by atoms with van der Waals surface area (Å²) in [6.07, 6.45) is 0. The van der Waals surface area contributed by atoms with Gasteiger partial charge in [0, 0.05) is 6.54 Å². The molecule has 17 heavy (non-hydrogen) atoms. The van der Waals surface area contributed by atoms with Gasteiger partial charge in [-0.05, 0) is 23.7 Å². The summed E-state index contributed by atoms with van der Waals surface area (Å²) in [5.74, 6) is 0.350. The summed E-state index contributed by atoms with van der Waals surface area (Å²) in [6.45, 7) is 10.6. The van der Waals surface area contributed by atoms with Gasteiger partial charge in [0.25, 0.3) is 0 Å².